The highest BCUT2D eigenvalue weighted by molar-refractivity contribution is 5.96. The van der Waals surface area contributed by atoms with Gasteiger partial charge in [0.2, 0.25) is 0 Å². The Kier molecular flexibility index (Phi) is 5.90. The summed E-state index contributed by atoms with van der Waals surface area (Å²) in [6.07, 6.45) is -0.312. The van der Waals surface area contributed by atoms with E-state index in [1.165, 1.54) is 4.57 Å². The molecule has 2 aromatic carbocycles. The molecule has 0 saturated carbocycles. The summed E-state index contributed by atoms with van der Waals surface area (Å²) in [5.41, 5.74) is 6.56. The normalized spacial score (nSPS) is 12.6. The van der Waals surface area contributed by atoms with E-state index in [0.29, 0.717) is 27.7 Å². The Morgan fingerprint density at radius 2 is 1.81 bits per heavy atom. The quantitative estimate of drug-likeness (QED) is 0.350. The van der Waals surface area contributed by atoms with Crippen molar-refractivity contribution in [3.8, 4) is 16.8 Å². The lowest BCUT2D eigenvalue weighted by Crippen LogP contribution is -2.26. The molecule has 11 heteroatoms. The molecule has 0 fully saturated rings. The van der Waals surface area contributed by atoms with Gasteiger partial charge in [0.1, 0.15) is 23.5 Å². The zero-order valence-corrected chi connectivity index (χ0v) is 19.9. The number of nitrogens with two attached hydrogens (primary N) is 1. The second-order valence-corrected chi connectivity index (χ2v) is 8.56. The van der Waals surface area contributed by atoms with Gasteiger partial charge in [-0.15, -0.1) is 0 Å². The highest BCUT2D eigenvalue weighted by atomic mass is 19.4. The van der Waals surface area contributed by atoms with E-state index in [0.717, 1.165) is 11.9 Å². The van der Waals surface area contributed by atoms with E-state index >= 15 is 0 Å². The highest BCUT2D eigenvalue weighted by Gasteiger charge is 2.38. The Morgan fingerprint density at radius 3 is 2.49 bits per heavy atom. The first kappa shape index (κ1) is 24.0. The first-order valence-electron chi connectivity index (χ1n) is 11.3. The number of nitrogens with zero attached hydrogens (tertiary/aromatic N) is 5. The van der Waals surface area contributed by atoms with Crippen LogP contribution in [-0.2, 0) is 13.2 Å². The smallest absolute Gasteiger partial charge is 0.383 e. The summed E-state index contributed by atoms with van der Waals surface area (Å²) in [7, 11) is 1.79. The van der Waals surface area contributed by atoms with Gasteiger partial charge in [-0.25, -0.2) is 9.97 Å². The van der Waals surface area contributed by atoms with E-state index in [4.69, 9.17) is 5.73 Å². The standard InChI is InChI=1S/C26H22F3N7O/c1-15(34-24-22(26(27,28)29)23(30)31-14-32-24)20-11-16-7-6-10-19(17-12-33-35(2)13-17)21(16)25(37)36(20)18-8-4-3-5-9-18/h3-15H,1-2H3,(H3,30,31,32,34). The van der Waals surface area contributed by atoms with Crippen LogP contribution in [0.3, 0.4) is 0 Å². The number of alkyl halides is 3. The van der Waals surface area contributed by atoms with Crippen LogP contribution in [0.1, 0.15) is 24.2 Å². The zero-order chi connectivity index (χ0) is 26.3. The zero-order valence-electron chi connectivity index (χ0n) is 19.9. The number of para-hydroxylation sites is 1. The fraction of sp³-hybridized carbons (Fsp3) is 0.154. The lowest BCUT2D eigenvalue weighted by atomic mass is 9.99. The predicted molar refractivity (Wildman–Crippen MR) is 135 cm³/mol. The van der Waals surface area contributed by atoms with Gasteiger partial charge in [0.05, 0.1) is 17.6 Å². The van der Waals surface area contributed by atoms with Crippen LogP contribution in [0.2, 0.25) is 0 Å². The third-order valence-corrected chi connectivity index (χ3v) is 6.06. The molecular formula is C26H22F3N7O. The van der Waals surface area contributed by atoms with Crippen LogP contribution in [0.15, 0.2) is 78.1 Å². The summed E-state index contributed by atoms with van der Waals surface area (Å²) in [6.45, 7) is 1.66. The summed E-state index contributed by atoms with van der Waals surface area (Å²) < 4.78 is 44.3. The summed E-state index contributed by atoms with van der Waals surface area (Å²) in [4.78, 5) is 21.4. The molecule has 0 spiro atoms. The van der Waals surface area contributed by atoms with Crippen LogP contribution >= 0.6 is 0 Å². The number of hydrogen-bond acceptors (Lipinski definition) is 6. The van der Waals surface area contributed by atoms with E-state index in [9.17, 15) is 18.0 Å². The molecule has 1 atom stereocenters. The molecule has 0 amide bonds. The van der Waals surface area contributed by atoms with Crippen molar-refractivity contribution in [2.45, 2.75) is 19.1 Å². The van der Waals surface area contributed by atoms with Gasteiger partial charge in [-0.3, -0.25) is 14.0 Å². The van der Waals surface area contributed by atoms with E-state index in [1.54, 1.807) is 61.2 Å². The van der Waals surface area contributed by atoms with Crippen molar-refractivity contribution in [1.82, 2.24) is 24.3 Å². The van der Waals surface area contributed by atoms with E-state index in [-0.39, 0.29) is 5.56 Å². The molecule has 5 aromatic rings. The molecule has 8 nitrogen and oxygen atoms in total. The third-order valence-electron chi connectivity index (χ3n) is 6.06. The molecule has 5 rings (SSSR count). The van der Waals surface area contributed by atoms with Crippen LogP contribution < -0.4 is 16.6 Å². The van der Waals surface area contributed by atoms with Gasteiger partial charge in [-0.1, -0.05) is 36.4 Å². The van der Waals surface area contributed by atoms with Crippen molar-refractivity contribution in [2.75, 3.05) is 11.1 Å². The van der Waals surface area contributed by atoms with Crippen molar-refractivity contribution >= 4 is 22.4 Å². The first-order valence-corrected chi connectivity index (χ1v) is 11.3. The minimum absolute atomic E-state index is 0.315. The number of aromatic nitrogens is 5. The van der Waals surface area contributed by atoms with Crippen LogP contribution in [0.5, 0.6) is 0 Å². The average molecular weight is 506 g/mol. The summed E-state index contributed by atoms with van der Waals surface area (Å²) in [5.74, 6) is -1.15. The Bertz CT molecular complexity index is 1660. The van der Waals surface area contributed by atoms with Crippen molar-refractivity contribution in [1.29, 1.82) is 0 Å². The Balaban J connectivity index is 1.73. The lowest BCUT2D eigenvalue weighted by molar-refractivity contribution is -0.136. The molecule has 1 unspecified atom stereocenters. The maximum Gasteiger partial charge on any atom is 0.423 e. The minimum atomic E-state index is -4.77. The minimum Gasteiger partial charge on any atom is -0.383 e. The fourth-order valence-electron chi connectivity index (χ4n) is 4.41. The van der Waals surface area contributed by atoms with Crippen molar-refractivity contribution in [2.24, 2.45) is 7.05 Å². The Labute approximate surface area is 209 Å². The summed E-state index contributed by atoms with van der Waals surface area (Å²) in [5, 5.41) is 8.13. The van der Waals surface area contributed by atoms with E-state index in [2.05, 4.69) is 20.4 Å². The van der Waals surface area contributed by atoms with Gasteiger partial charge in [-0.2, -0.15) is 18.3 Å². The molecule has 3 aromatic heterocycles. The van der Waals surface area contributed by atoms with Gasteiger partial charge >= 0.3 is 6.18 Å². The molecule has 0 aliphatic carbocycles. The van der Waals surface area contributed by atoms with Gasteiger partial charge in [-0.05, 0) is 36.1 Å². The molecule has 3 heterocycles. The maximum absolute atomic E-state index is 14.1. The molecule has 0 aliphatic rings. The maximum atomic E-state index is 14.1. The fourth-order valence-corrected chi connectivity index (χ4v) is 4.41. The van der Waals surface area contributed by atoms with Gasteiger partial charge < -0.3 is 11.1 Å². The van der Waals surface area contributed by atoms with Crippen molar-refractivity contribution < 1.29 is 13.2 Å². The third kappa shape index (κ3) is 4.39. The number of nitrogen functional groups attached to an aromatic ring is 1. The predicted octanol–water partition coefficient (Wildman–Crippen LogP) is 4.96. The molecular weight excluding hydrogens is 483 g/mol. The van der Waals surface area contributed by atoms with Gasteiger partial charge in [0, 0.05) is 30.2 Å². The number of anilines is 2. The number of pyridine rings is 1. The largest absolute Gasteiger partial charge is 0.423 e. The molecule has 188 valence electrons. The number of fused-ring (bicyclic) bond motifs is 1. The van der Waals surface area contributed by atoms with E-state index in [1.807, 2.05) is 24.4 Å². The number of hydrogen-bond donors (Lipinski definition) is 2. The second-order valence-electron chi connectivity index (χ2n) is 8.56. The Morgan fingerprint density at radius 1 is 1.05 bits per heavy atom. The molecule has 0 saturated heterocycles. The summed E-state index contributed by atoms with van der Waals surface area (Å²) in [6, 6.07) is 15.4. The van der Waals surface area contributed by atoms with Crippen LogP contribution in [0, 0.1) is 0 Å². The molecule has 3 N–H and O–H groups in total. The molecule has 0 bridgehead atoms. The highest BCUT2D eigenvalue weighted by Crippen LogP contribution is 2.38. The Hall–Kier alpha value is -4.67. The topological polar surface area (TPSA) is 104 Å². The number of benzene rings is 2. The number of nitrogens with one attached hydrogen (secondary N) is 1. The monoisotopic (exact) mass is 505 g/mol. The first-order chi connectivity index (χ1) is 17.6. The lowest BCUT2D eigenvalue weighted by Gasteiger charge is -2.23. The van der Waals surface area contributed by atoms with Crippen LogP contribution in [0.25, 0.3) is 27.6 Å². The van der Waals surface area contributed by atoms with Gasteiger partial charge in [0.25, 0.3) is 5.56 Å². The second kappa shape index (κ2) is 9.08. The number of rotatable bonds is 5. The number of halogens is 3. The van der Waals surface area contributed by atoms with Gasteiger partial charge in [0.15, 0.2) is 0 Å². The average Bonchev–Trinajstić information content (AvgIpc) is 3.29. The van der Waals surface area contributed by atoms with Crippen molar-refractivity contribution in [3.05, 3.63) is 94.9 Å². The molecule has 0 radical (unpaired) electrons. The molecule has 0 aliphatic heterocycles. The summed E-state index contributed by atoms with van der Waals surface area (Å²) >= 11 is 0. The number of aryl methyl sites for hydroxylation is 1. The van der Waals surface area contributed by atoms with Crippen LogP contribution in [-0.4, -0.2) is 24.3 Å². The van der Waals surface area contributed by atoms with Crippen LogP contribution in [0.4, 0.5) is 24.8 Å². The SMILES string of the molecule is CC(Nc1ncnc(N)c1C(F)(F)F)c1cc2cccc(-c3cnn(C)c3)c2c(=O)n1-c1ccccc1. The molecule has 37 heavy (non-hydrogen) atoms. The van der Waals surface area contributed by atoms with E-state index < -0.39 is 29.4 Å². The van der Waals surface area contributed by atoms with Crippen molar-refractivity contribution in [3.63, 3.8) is 0 Å².